The van der Waals surface area contributed by atoms with E-state index < -0.39 is 5.54 Å². The summed E-state index contributed by atoms with van der Waals surface area (Å²) < 4.78 is 6.89. The number of carbonyl (C=O) groups excluding carboxylic acids is 2. The molecule has 2 heterocycles. The minimum absolute atomic E-state index is 0.221. The quantitative estimate of drug-likeness (QED) is 0.379. The molecule has 0 saturated carbocycles. The maximum absolute atomic E-state index is 13.9. The van der Waals surface area contributed by atoms with Crippen molar-refractivity contribution in [2.45, 2.75) is 32.1 Å². The fraction of sp³-hybridized carbons (Fsp3) is 0.207. The minimum Gasteiger partial charge on any atom is -0.497 e. The van der Waals surface area contributed by atoms with Crippen LogP contribution in [0.1, 0.15) is 28.5 Å². The summed E-state index contributed by atoms with van der Waals surface area (Å²) in [6.45, 7) is 2.63. The van der Waals surface area contributed by atoms with Gasteiger partial charge in [-0.05, 0) is 60.5 Å². The van der Waals surface area contributed by atoms with Gasteiger partial charge in [0.25, 0.3) is 5.91 Å². The van der Waals surface area contributed by atoms with Crippen LogP contribution in [0.4, 0.5) is 0 Å². The molecule has 2 amide bonds. The fourth-order valence-electron chi connectivity index (χ4n) is 4.53. The fourth-order valence-corrected chi connectivity index (χ4v) is 4.66. The van der Waals surface area contributed by atoms with Crippen LogP contribution < -0.4 is 10.1 Å². The second kappa shape index (κ2) is 10.1. The van der Waals surface area contributed by atoms with Gasteiger partial charge in [0.1, 0.15) is 17.0 Å². The average molecular weight is 515 g/mol. The highest BCUT2D eigenvalue weighted by Gasteiger charge is 2.48. The molecule has 5 rings (SSSR count). The van der Waals surface area contributed by atoms with Crippen molar-refractivity contribution in [3.8, 4) is 17.0 Å². The van der Waals surface area contributed by atoms with Gasteiger partial charge >= 0.3 is 0 Å². The molecule has 0 saturated heterocycles. The van der Waals surface area contributed by atoms with Crippen LogP contribution in [0.25, 0.3) is 11.3 Å². The number of rotatable bonds is 7. The van der Waals surface area contributed by atoms with Gasteiger partial charge in [0.05, 0.1) is 19.3 Å². The lowest BCUT2D eigenvalue weighted by Gasteiger charge is -2.43. The molecule has 37 heavy (non-hydrogen) atoms. The molecule has 0 radical (unpaired) electrons. The van der Waals surface area contributed by atoms with Crippen LogP contribution >= 0.6 is 11.6 Å². The Morgan fingerprint density at radius 1 is 1.03 bits per heavy atom. The van der Waals surface area contributed by atoms with Crippen molar-refractivity contribution in [2.24, 2.45) is 0 Å². The van der Waals surface area contributed by atoms with Crippen LogP contribution in [0.3, 0.4) is 0 Å². The predicted molar refractivity (Wildman–Crippen MR) is 142 cm³/mol. The molecule has 1 aliphatic rings. The normalized spacial score (nSPS) is 16.8. The van der Waals surface area contributed by atoms with Crippen LogP contribution in [0.15, 0.2) is 84.9 Å². The summed E-state index contributed by atoms with van der Waals surface area (Å²) >= 11 is 6.07. The maximum atomic E-state index is 13.9. The number of hydrogen-bond donors (Lipinski definition) is 1. The van der Waals surface area contributed by atoms with Crippen molar-refractivity contribution < 1.29 is 14.3 Å². The van der Waals surface area contributed by atoms with Gasteiger partial charge < -0.3 is 15.0 Å². The van der Waals surface area contributed by atoms with Gasteiger partial charge in [-0.15, -0.1) is 0 Å². The molecule has 0 aliphatic carbocycles. The highest BCUT2D eigenvalue weighted by molar-refractivity contribution is 6.30. The van der Waals surface area contributed by atoms with Gasteiger partial charge in [-0.2, -0.15) is 5.10 Å². The Hall–Kier alpha value is -4.10. The van der Waals surface area contributed by atoms with Crippen LogP contribution in [-0.4, -0.2) is 39.1 Å². The summed E-state index contributed by atoms with van der Waals surface area (Å²) in [4.78, 5) is 29.2. The maximum Gasteiger partial charge on any atom is 0.273 e. The molecule has 1 aliphatic heterocycles. The number of halogens is 1. The molecule has 0 spiro atoms. The summed E-state index contributed by atoms with van der Waals surface area (Å²) in [7, 11) is 1.61. The van der Waals surface area contributed by atoms with E-state index >= 15 is 0 Å². The second-order valence-electron chi connectivity index (χ2n) is 9.26. The lowest BCUT2D eigenvalue weighted by Crippen LogP contribution is -2.63. The minimum atomic E-state index is -1.16. The molecule has 0 fully saturated rings. The van der Waals surface area contributed by atoms with Gasteiger partial charge in [0.2, 0.25) is 5.91 Å². The first kappa shape index (κ1) is 24.6. The van der Waals surface area contributed by atoms with E-state index in [-0.39, 0.29) is 24.9 Å². The number of benzene rings is 3. The Morgan fingerprint density at radius 3 is 2.41 bits per heavy atom. The van der Waals surface area contributed by atoms with E-state index in [4.69, 9.17) is 21.4 Å². The van der Waals surface area contributed by atoms with Gasteiger partial charge in [-0.3, -0.25) is 14.3 Å². The Labute approximate surface area is 220 Å². The Kier molecular flexibility index (Phi) is 6.72. The molecule has 1 atom stereocenters. The van der Waals surface area contributed by atoms with Gasteiger partial charge in [0, 0.05) is 23.7 Å². The highest BCUT2D eigenvalue weighted by atomic mass is 35.5. The number of ether oxygens (including phenoxy) is 1. The number of aromatic nitrogens is 2. The topological polar surface area (TPSA) is 76.5 Å². The number of amides is 2. The molecule has 4 aromatic rings. The molecular formula is C29H27ClN4O3. The number of carbonyl (C=O) groups is 2. The molecule has 1 aromatic heterocycles. The highest BCUT2D eigenvalue weighted by Crippen LogP contribution is 2.32. The molecule has 188 valence electrons. The van der Waals surface area contributed by atoms with E-state index in [2.05, 4.69) is 5.32 Å². The number of methoxy groups -OCH3 is 1. The van der Waals surface area contributed by atoms with E-state index in [0.29, 0.717) is 23.0 Å². The number of nitrogens with zero attached hydrogens (tertiary/aromatic N) is 3. The molecule has 1 N–H and O–H groups in total. The monoisotopic (exact) mass is 514 g/mol. The SMILES string of the molecule is COc1ccc(-c2cc3n(n2)C[C@](C)(C(=O)NCc2ccccc2)N(Cc2ccc(Cl)cc2)C3=O)cc1. The second-order valence-corrected chi connectivity index (χ2v) is 9.70. The van der Waals surface area contributed by atoms with E-state index in [1.807, 2.05) is 66.7 Å². The molecule has 3 aromatic carbocycles. The Balaban J connectivity index is 1.49. The lowest BCUT2D eigenvalue weighted by molar-refractivity contribution is -0.133. The first-order chi connectivity index (χ1) is 17.9. The summed E-state index contributed by atoms with van der Waals surface area (Å²) in [5.41, 5.74) is 2.65. The van der Waals surface area contributed by atoms with E-state index in [1.165, 1.54) is 0 Å². The zero-order valence-corrected chi connectivity index (χ0v) is 21.4. The summed E-state index contributed by atoms with van der Waals surface area (Å²) in [6, 6.07) is 26.3. The third-order valence-electron chi connectivity index (χ3n) is 6.72. The van der Waals surface area contributed by atoms with Gasteiger partial charge in [0.15, 0.2) is 0 Å². The number of nitrogens with one attached hydrogen (secondary N) is 1. The van der Waals surface area contributed by atoms with Crippen LogP contribution in [0.5, 0.6) is 5.75 Å². The molecule has 7 nitrogen and oxygen atoms in total. The van der Waals surface area contributed by atoms with Crippen molar-refractivity contribution in [3.63, 3.8) is 0 Å². The van der Waals surface area contributed by atoms with E-state index in [9.17, 15) is 9.59 Å². The summed E-state index contributed by atoms with van der Waals surface area (Å²) in [5.74, 6) is 0.234. The molecule has 0 bridgehead atoms. The van der Waals surface area contributed by atoms with E-state index in [1.54, 1.807) is 41.8 Å². The molecule has 8 heteroatoms. The lowest BCUT2D eigenvalue weighted by atomic mass is 9.94. The first-order valence-corrected chi connectivity index (χ1v) is 12.4. The smallest absolute Gasteiger partial charge is 0.273 e. The van der Waals surface area contributed by atoms with Crippen LogP contribution in [0, 0.1) is 0 Å². The van der Waals surface area contributed by atoms with Gasteiger partial charge in [-0.1, -0.05) is 54.1 Å². The largest absolute Gasteiger partial charge is 0.497 e. The molecule has 0 unspecified atom stereocenters. The summed E-state index contributed by atoms with van der Waals surface area (Å²) in [6.07, 6.45) is 0. The van der Waals surface area contributed by atoms with Crippen molar-refractivity contribution in [1.29, 1.82) is 0 Å². The first-order valence-electron chi connectivity index (χ1n) is 12.0. The standard InChI is InChI=1S/C29H27ClN4O3/c1-29(28(36)31-17-20-6-4-3-5-7-20)19-34-26(16-25(32-34)22-10-14-24(37-2)15-11-22)27(35)33(29)18-21-8-12-23(30)13-9-21/h3-16H,17-19H2,1-2H3,(H,31,36)/t29-/m1/s1. The van der Waals surface area contributed by atoms with Crippen LogP contribution in [0.2, 0.25) is 5.02 Å². The van der Waals surface area contributed by atoms with Crippen molar-refractivity contribution in [1.82, 2.24) is 20.0 Å². The van der Waals surface area contributed by atoms with Crippen molar-refractivity contribution in [2.75, 3.05) is 7.11 Å². The average Bonchev–Trinajstić information content (AvgIpc) is 3.35. The Bertz CT molecular complexity index is 1420. The third-order valence-corrected chi connectivity index (χ3v) is 6.97. The number of hydrogen-bond acceptors (Lipinski definition) is 4. The number of fused-ring (bicyclic) bond motifs is 1. The zero-order chi connectivity index (χ0) is 26.0. The predicted octanol–water partition coefficient (Wildman–Crippen LogP) is 4.94. The van der Waals surface area contributed by atoms with Crippen LogP contribution in [-0.2, 0) is 24.4 Å². The van der Waals surface area contributed by atoms with Crippen molar-refractivity contribution >= 4 is 23.4 Å². The van der Waals surface area contributed by atoms with Crippen molar-refractivity contribution in [3.05, 3.63) is 107 Å². The van der Waals surface area contributed by atoms with E-state index in [0.717, 1.165) is 22.4 Å². The third kappa shape index (κ3) is 4.95. The zero-order valence-electron chi connectivity index (χ0n) is 20.6. The van der Waals surface area contributed by atoms with Gasteiger partial charge in [-0.25, -0.2) is 0 Å². The molecular weight excluding hydrogens is 488 g/mol. The Morgan fingerprint density at radius 2 is 1.73 bits per heavy atom. The summed E-state index contributed by atoms with van der Waals surface area (Å²) in [5, 5.41) is 8.35.